The number of aromatic nitrogens is 3. The summed E-state index contributed by atoms with van der Waals surface area (Å²) in [7, 11) is 0. The number of nitrogens with zero attached hydrogens (tertiary/aromatic N) is 4. The Labute approximate surface area is 150 Å². The molecule has 26 heavy (non-hydrogen) atoms. The van der Waals surface area contributed by atoms with Crippen molar-refractivity contribution in [3.8, 4) is 0 Å². The number of carbonyl (C=O) groups is 1. The summed E-state index contributed by atoms with van der Waals surface area (Å²) in [6.45, 7) is 1.79. The van der Waals surface area contributed by atoms with Gasteiger partial charge in [-0.15, -0.1) is 10.2 Å². The molecule has 0 spiro atoms. The lowest BCUT2D eigenvalue weighted by Gasteiger charge is -2.32. The first-order chi connectivity index (χ1) is 12.7. The summed E-state index contributed by atoms with van der Waals surface area (Å²) in [5.74, 6) is 0.351. The van der Waals surface area contributed by atoms with Gasteiger partial charge in [-0.2, -0.15) is 0 Å². The average molecular weight is 353 g/mol. The van der Waals surface area contributed by atoms with Gasteiger partial charge in [0.05, 0.1) is 5.92 Å². The highest BCUT2D eigenvalue weighted by Gasteiger charge is 2.27. The van der Waals surface area contributed by atoms with Gasteiger partial charge in [0.1, 0.15) is 5.82 Å². The van der Waals surface area contributed by atoms with E-state index < -0.39 is 0 Å². The molecule has 1 aliphatic heterocycles. The fourth-order valence-corrected chi connectivity index (χ4v) is 3.40. The van der Waals surface area contributed by atoms with E-state index in [1.54, 1.807) is 12.1 Å². The smallest absolute Gasteiger partial charge is 0.231 e. The number of nitrogens with one attached hydrogen (secondary N) is 1. The van der Waals surface area contributed by atoms with E-state index in [4.69, 9.17) is 0 Å². The number of hydrogen-bond donors (Lipinski definition) is 1. The van der Waals surface area contributed by atoms with Crippen LogP contribution in [0.4, 0.5) is 10.3 Å². The van der Waals surface area contributed by atoms with E-state index in [9.17, 15) is 9.18 Å². The predicted molar refractivity (Wildman–Crippen MR) is 96.2 cm³/mol. The number of piperidine rings is 1. The standard InChI is InChI=1S/C19H20FN5O/c20-16-7-3-5-14(11-16)12-21-18(26)15-6-4-9-24(13-15)19-23-22-17-8-1-2-10-25(17)19/h1-3,5,7-8,10-11,15H,4,6,9,12-13H2,(H,21,26)/t15-/m1/s1. The summed E-state index contributed by atoms with van der Waals surface area (Å²) in [6, 6.07) is 12.1. The molecule has 6 nitrogen and oxygen atoms in total. The van der Waals surface area contributed by atoms with Gasteiger partial charge >= 0.3 is 0 Å². The number of hydrogen-bond acceptors (Lipinski definition) is 4. The Balaban J connectivity index is 1.42. The van der Waals surface area contributed by atoms with Crippen molar-refractivity contribution >= 4 is 17.5 Å². The first kappa shape index (κ1) is 16.5. The summed E-state index contributed by atoms with van der Waals surface area (Å²) in [4.78, 5) is 14.7. The molecule has 1 saturated heterocycles. The number of pyridine rings is 1. The molecule has 1 atom stereocenters. The van der Waals surface area contributed by atoms with Crippen molar-refractivity contribution in [1.82, 2.24) is 19.9 Å². The van der Waals surface area contributed by atoms with Gasteiger partial charge in [0.15, 0.2) is 5.65 Å². The molecule has 0 aliphatic carbocycles. The molecule has 134 valence electrons. The van der Waals surface area contributed by atoms with E-state index in [1.807, 2.05) is 28.8 Å². The third-order valence-electron chi connectivity index (χ3n) is 4.73. The summed E-state index contributed by atoms with van der Waals surface area (Å²) in [6.07, 6.45) is 3.68. The van der Waals surface area contributed by atoms with Gasteiger partial charge in [-0.1, -0.05) is 18.2 Å². The number of amides is 1. The van der Waals surface area contributed by atoms with Crippen LogP contribution < -0.4 is 10.2 Å². The number of fused-ring (bicyclic) bond motifs is 1. The van der Waals surface area contributed by atoms with Crippen molar-refractivity contribution in [1.29, 1.82) is 0 Å². The van der Waals surface area contributed by atoms with Gasteiger partial charge in [0.25, 0.3) is 0 Å². The van der Waals surface area contributed by atoms with Crippen molar-refractivity contribution in [2.45, 2.75) is 19.4 Å². The van der Waals surface area contributed by atoms with Crippen LogP contribution in [0.15, 0.2) is 48.7 Å². The molecule has 3 heterocycles. The first-order valence-electron chi connectivity index (χ1n) is 8.77. The number of anilines is 1. The molecule has 1 amide bonds. The maximum absolute atomic E-state index is 13.2. The Hall–Kier alpha value is -2.96. The lowest BCUT2D eigenvalue weighted by Crippen LogP contribution is -2.43. The fraction of sp³-hybridized carbons (Fsp3) is 0.316. The van der Waals surface area contributed by atoms with Crippen LogP contribution in [0, 0.1) is 11.7 Å². The molecular weight excluding hydrogens is 333 g/mol. The molecule has 1 aromatic carbocycles. The second-order valence-corrected chi connectivity index (χ2v) is 6.56. The molecule has 1 N–H and O–H groups in total. The van der Waals surface area contributed by atoms with Crippen molar-refractivity contribution in [3.05, 3.63) is 60.0 Å². The third kappa shape index (κ3) is 3.37. The van der Waals surface area contributed by atoms with E-state index in [0.717, 1.165) is 36.5 Å². The number of benzene rings is 1. The average Bonchev–Trinajstić information content (AvgIpc) is 3.10. The van der Waals surface area contributed by atoms with Crippen LogP contribution in [0.25, 0.3) is 5.65 Å². The minimum absolute atomic E-state index is 0.00668. The van der Waals surface area contributed by atoms with Crippen LogP contribution in [-0.4, -0.2) is 33.6 Å². The molecule has 0 radical (unpaired) electrons. The third-order valence-corrected chi connectivity index (χ3v) is 4.73. The zero-order valence-electron chi connectivity index (χ0n) is 14.3. The monoisotopic (exact) mass is 353 g/mol. The van der Waals surface area contributed by atoms with E-state index in [0.29, 0.717) is 13.1 Å². The van der Waals surface area contributed by atoms with Crippen molar-refractivity contribution in [2.75, 3.05) is 18.0 Å². The summed E-state index contributed by atoms with van der Waals surface area (Å²) < 4.78 is 15.2. The summed E-state index contributed by atoms with van der Waals surface area (Å²) in [5.41, 5.74) is 1.55. The topological polar surface area (TPSA) is 62.5 Å². The summed E-state index contributed by atoms with van der Waals surface area (Å²) in [5, 5.41) is 11.4. The fourth-order valence-electron chi connectivity index (χ4n) is 3.40. The second kappa shape index (κ2) is 7.11. The molecule has 4 rings (SSSR count). The van der Waals surface area contributed by atoms with Crippen LogP contribution in [-0.2, 0) is 11.3 Å². The van der Waals surface area contributed by atoms with Crippen molar-refractivity contribution in [3.63, 3.8) is 0 Å². The van der Waals surface area contributed by atoms with Crippen molar-refractivity contribution < 1.29 is 9.18 Å². The molecule has 1 aliphatic rings. The zero-order valence-corrected chi connectivity index (χ0v) is 14.3. The highest BCUT2D eigenvalue weighted by Crippen LogP contribution is 2.22. The van der Waals surface area contributed by atoms with Gasteiger partial charge in [-0.05, 0) is 42.7 Å². The molecule has 0 bridgehead atoms. The van der Waals surface area contributed by atoms with Gasteiger partial charge in [0.2, 0.25) is 11.9 Å². The van der Waals surface area contributed by atoms with Gasteiger partial charge < -0.3 is 10.2 Å². The van der Waals surface area contributed by atoms with Crippen molar-refractivity contribution in [2.24, 2.45) is 5.92 Å². The number of rotatable bonds is 4. The normalized spacial score (nSPS) is 17.4. The van der Waals surface area contributed by atoms with E-state index in [1.165, 1.54) is 12.1 Å². The van der Waals surface area contributed by atoms with Gasteiger partial charge in [-0.25, -0.2) is 4.39 Å². The number of carbonyl (C=O) groups excluding carboxylic acids is 1. The Kier molecular flexibility index (Phi) is 4.51. The minimum Gasteiger partial charge on any atom is -0.352 e. The van der Waals surface area contributed by atoms with E-state index in [2.05, 4.69) is 20.4 Å². The lowest BCUT2D eigenvalue weighted by molar-refractivity contribution is -0.125. The molecular formula is C19H20FN5O. The molecule has 2 aromatic heterocycles. The minimum atomic E-state index is -0.292. The Morgan fingerprint density at radius 1 is 1.23 bits per heavy atom. The maximum atomic E-state index is 13.2. The Bertz CT molecular complexity index is 925. The van der Waals surface area contributed by atoms with Crippen LogP contribution in [0.3, 0.4) is 0 Å². The zero-order chi connectivity index (χ0) is 17.9. The lowest BCUT2D eigenvalue weighted by atomic mass is 9.97. The Morgan fingerprint density at radius 3 is 3.04 bits per heavy atom. The van der Waals surface area contributed by atoms with Crippen LogP contribution >= 0.6 is 0 Å². The highest BCUT2D eigenvalue weighted by molar-refractivity contribution is 5.79. The second-order valence-electron chi connectivity index (χ2n) is 6.56. The largest absolute Gasteiger partial charge is 0.352 e. The first-order valence-corrected chi connectivity index (χ1v) is 8.77. The molecule has 0 unspecified atom stereocenters. The SMILES string of the molecule is O=C(NCc1cccc(F)c1)[C@@H]1CCCN(c2nnc3ccccn23)C1. The van der Waals surface area contributed by atoms with Gasteiger partial charge in [0, 0.05) is 25.8 Å². The van der Waals surface area contributed by atoms with Gasteiger partial charge in [-0.3, -0.25) is 9.20 Å². The molecule has 1 fully saturated rings. The maximum Gasteiger partial charge on any atom is 0.231 e. The van der Waals surface area contributed by atoms with Crippen LogP contribution in [0.1, 0.15) is 18.4 Å². The Morgan fingerprint density at radius 2 is 2.15 bits per heavy atom. The molecule has 0 saturated carbocycles. The predicted octanol–water partition coefficient (Wildman–Crippen LogP) is 2.40. The van der Waals surface area contributed by atoms with E-state index in [-0.39, 0.29) is 17.6 Å². The van der Waals surface area contributed by atoms with Crippen LogP contribution in [0.2, 0.25) is 0 Å². The number of halogens is 1. The molecule has 7 heteroatoms. The van der Waals surface area contributed by atoms with E-state index >= 15 is 0 Å². The molecule has 3 aromatic rings. The quantitative estimate of drug-likeness (QED) is 0.782. The van der Waals surface area contributed by atoms with Crippen LogP contribution in [0.5, 0.6) is 0 Å². The highest BCUT2D eigenvalue weighted by atomic mass is 19.1. The summed E-state index contributed by atoms with van der Waals surface area (Å²) >= 11 is 0.